The topological polar surface area (TPSA) is 12.0 Å². The lowest BCUT2D eigenvalue weighted by atomic mass is 10.1. The summed E-state index contributed by atoms with van der Waals surface area (Å²) in [6.07, 6.45) is 13.3. The minimum absolute atomic E-state index is 1.01. The van der Waals surface area contributed by atoms with Gasteiger partial charge in [-0.15, -0.1) is 11.8 Å². The molecule has 114 valence electrons. The Morgan fingerprint density at radius 2 is 1.45 bits per heavy atom. The van der Waals surface area contributed by atoms with Crippen molar-refractivity contribution in [1.82, 2.24) is 5.32 Å². The van der Waals surface area contributed by atoms with E-state index in [1.54, 1.807) is 11.8 Å². The number of rotatable bonds is 12. The number of thioether (sulfide) groups is 1. The summed E-state index contributed by atoms with van der Waals surface area (Å²) in [6, 6.07) is 8.87. The predicted molar refractivity (Wildman–Crippen MR) is 92.5 cm³/mol. The van der Waals surface area contributed by atoms with Crippen molar-refractivity contribution in [2.24, 2.45) is 0 Å². The molecule has 0 heterocycles. The molecule has 0 spiro atoms. The zero-order chi connectivity index (χ0) is 14.5. The van der Waals surface area contributed by atoms with Crippen LogP contribution in [0.1, 0.15) is 63.9 Å². The van der Waals surface area contributed by atoms with Crippen LogP contribution >= 0.6 is 11.8 Å². The van der Waals surface area contributed by atoms with Crippen LogP contribution in [0, 0.1) is 0 Å². The summed E-state index contributed by atoms with van der Waals surface area (Å²) >= 11 is 1.80. The zero-order valence-electron chi connectivity index (χ0n) is 13.3. The Bertz CT molecular complexity index is 321. The van der Waals surface area contributed by atoms with Crippen molar-refractivity contribution >= 4 is 11.8 Å². The summed E-state index contributed by atoms with van der Waals surface area (Å²) in [5.74, 6) is 0. The molecule has 1 aromatic carbocycles. The maximum absolute atomic E-state index is 3.54. The van der Waals surface area contributed by atoms with Crippen molar-refractivity contribution in [3.63, 3.8) is 0 Å². The average molecular weight is 294 g/mol. The van der Waals surface area contributed by atoms with Gasteiger partial charge in [-0.05, 0) is 36.9 Å². The summed E-state index contributed by atoms with van der Waals surface area (Å²) < 4.78 is 0. The molecule has 1 N–H and O–H groups in total. The first-order valence-electron chi connectivity index (χ1n) is 8.20. The molecule has 0 amide bonds. The van der Waals surface area contributed by atoms with E-state index in [1.807, 2.05) is 0 Å². The maximum Gasteiger partial charge on any atom is 0.0205 e. The van der Waals surface area contributed by atoms with Crippen molar-refractivity contribution in [2.45, 2.75) is 69.7 Å². The van der Waals surface area contributed by atoms with Gasteiger partial charge in [0, 0.05) is 11.4 Å². The summed E-state index contributed by atoms with van der Waals surface area (Å²) in [7, 11) is 0. The Labute approximate surface area is 129 Å². The van der Waals surface area contributed by atoms with Crippen LogP contribution in [-0.4, -0.2) is 12.8 Å². The van der Waals surface area contributed by atoms with Crippen molar-refractivity contribution in [3.05, 3.63) is 29.8 Å². The quantitative estimate of drug-likeness (QED) is 0.395. The molecule has 1 nitrogen and oxygen atoms in total. The van der Waals surface area contributed by atoms with Gasteiger partial charge in [-0.2, -0.15) is 0 Å². The minimum atomic E-state index is 1.01. The highest BCUT2D eigenvalue weighted by Gasteiger charge is 1.95. The van der Waals surface area contributed by atoms with E-state index in [9.17, 15) is 0 Å². The van der Waals surface area contributed by atoms with Crippen LogP contribution in [0.2, 0.25) is 0 Å². The van der Waals surface area contributed by atoms with E-state index in [-0.39, 0.29) is 0 Å². The van der Waals surface area contributed by atoms with E-state index in [4.69, 9.17) is 0 Å². The van der Waals surface area contributed by atoms with Gasteiger partial charge in [-0.3, -0.25) is 0 Å². The Kier molecular flexibility index (Phi) is 10.8. The molecule has 1 rings (SSSR count). The molecule has 0 aliphatic heterocycles. The van der Waals surface area contributed by atoms with Gasteiger partial charge in [0.2, 0.25) is 0 Å². The smallest absolute Gasteiger partial charge is 0.0205 e. The van der Waals surface area contributed by atoms with Crippen molar-refractivity contribution in [3.8, 4) is 0 Å². The van der Waals surface area contributed by atoms with E-state index in [1.165, 1.54) is 61.8 Å². The average Bonchev–Trinajstić information content (AvgIpc) is 2.50. The third-order valence-corrected chi connectivity index (χ3v) is 4.44. The fraction of sp³-hybridized carbons (Fsp3) is 0.667. The second-order valence-electron chi connectivity index (χ2n) is 5.50. The SMILES string of the molecule is CCCCCCCCCCNCc1ccc(SC)cc1. The summed E-state index contributed by atoms with van der Waals surface area (Å²) in [5, 5.41) is 3.54. The molecule has 0 unspecified atom stereocenters. The first kappa shape index (κ1) is 17.6. The van der Waals surface area contributed by atoms with Gasteiger partial charge in [-0.25, -0.2) is 0 Å². The summed E-state index contributed by atoms with van der Waals surface area (Å²) in [5.41, 5.74) is 1.39. The molecule has 0 atom stereocenters. The second kappa shape index (κ2) is 12.3. The number of benzene rings is 1. The van der Waals surface area contributed by atoms with Crippen LogP contribution in [0.4, 0.5) is 0 Å². The van der Waals surface area contributed by atoms with Crippen LogP contribution in [0.3, 0.4) is 0 Å². The fourth-order valence-electron chi connectivity index (χ4n) is 2.36. The van der Waals surface area contributed by atoms with Gasteiger partial charge in [0.15, 0.2) is 0 Å². The third-order valence-electron chi connectivity index (χ3n) is 3.70. The van der Waals surface area contributed by atoms with Gasteiger partial charge in [0.1, 0.15) is 0 Å². The zero-order valence-corrected chi connectivity index (χ0v) is 14.1. The minimum Gasteiger partial charge on any atom is -0.313 e. The fourth-order valence-corrected chi connectivity index (χ4v) is 2.77. The van der Waals surface area contributed by atoms with Crippen LogP contribution < -0.4 is 5.32 Å². The van der Waals surface area contributed by atoms with E-state index >= 15 is 0 Å². The van der Waals surface area contributed by atoms with E-state index in [2.05, 4.69) is 42.8 Å². The molecule has 0 aliphatic rings. The largest absolute Gasteiger partial charge is 0.313 e. The third kappa shape index (κ3) is 8.65. The number of unbranched alkanes of at least 4 members (excludes halogenated alkanes) is 7. The number of hydrogen-bond donors (Lipinski definition) is 1. The highest BCUT2D eigenvalue weighted by Crippen LogP contribution is 2.14. The Morgan fingerprint density at radius 1 is 0.850 bits per heavy atom. The molecule has 0 saturated carbocycles. The van der Waals surface area contributed by atoms with E-state index in [0.717, 1.165) is 13.1 Å². The molecule has 0 bridgehead atoms. The Balaban J connectivity index is 1.91. The molecule has 0 aromatic heterocycles. The predicted octanol–water partition coefficient (Wildman–Crippen LogP) is 5.64. The van der Waals surface area contributed by atoms with Gasteiger partial charge < -0.3 is 5.32 Å². The lowest BCUT2D eigenvalue weighted by Crippen LogP contribution is -2.14. The normalized spacial score (nSPS) is 10.9. The maximum atomic E-state index is 3.54. The molecule has 1 aromatic rings. The van der Waals surface area contributed by atoms with Gasteiger partial charge >= 0.3 is 0 Å². The number of hydrogen-bond acceptors (Lipinski definition) is 2. The first-order chi connectivity index (χ1) is 9.86. The highest BCUT2D eigenvalue weighted by atomic mass is 32.2. The molecular formula is C18H31NS. The van der Waals surface area contributed by atoms with Crippen LogP contribution in [-0.2, 0) is 6.54 Å². The molecule has 0 radical (unpaired) electrons. The number of nitrogens with one attached hydrogen (secondary N) is 1. The van der Waals surface area contributed by atoms with Crippen LogP contribution in [0.15, 0.2) is 29.2 Å². The van der Waals surface area contributed by atoms with Crippen molar-refractivity contribution in [2.75, 3.05) is 12.8 Å². The van der Waals surface area contributed by atoms with E-state index in [0.29, 0.717) is 0 Å². The molecule has 20 heavy (non-hydrogen) atoms. The monoisotopic (exact) mass is 293 g/mol. The summed E-state index contributed by atoms with van der Waals surface area (Å²) in [6.45, 7) is 4.44. The van der Waals surface area contributed by atoms with Crippen LogP contribution in [0.25, 0.3) is 0 Å². The lowest BCUT2D eigenvalue weighted by molar-refractivity contribution is 0.555. The highest BCUT2D eigenvalue weighted by molar-refractivity contribution is 7.98. The van der Waals surface area contributed by atoms with Crippen molar-refractivity contribution in [1.29, 1.82) is 0 Å². The van der Waals surface area contributed by atoms with Gasteiger partial charge in [0.05, 0.1) is 0 Å². The van der Waals surface area contributed by atoms with Gasteiger partial charge in [-0.1, -0.05) is 64.0 Å². The molecule has 0 saturated heterocycles. The lowest BCUT2D eigenvalue weighted by Gasteiger charge is -2.06. The molecular weight excluding hydrogens is 262 g/mol. The summed E-state index contributed by atoms with van der Waals surface area (Å²) in [4.78, 5) is 1.34. The Morgan fingerprint density at radius 3 is 2.05 bits per heavy atom. The molecule has 0 aliphatic carbocycles. The van der Waals surface area contributed by atoms with Crippen LogP contribution in [0.5, 0.6) is 0 Å². The molecule has 2 heteroatoms. The Hall–Kier alpha value is -0.470. The second-order valence-corrected chi connectivity index (χ2v) is 6.38. The van der Waals surface area contributed by atoms with Gasteiger partial charge in [0.25, 0.3) is 0 Å². The first-order valence-corrected chi connectivity index (χ1v) is 9.43. The van der Waals surface area contributed by atoms with E-state index < -0.39 is 0 Å². The standard InChI is InChI=1S/C18H31NS/c1-3-4-5-6-7-8-9-10-15-19-16-17-11-13-18(20-2)14-12-17/h11-14,19H,3-10,15-16H2,1-2H3. The molecule has 0 fully saturated rings. The van der Waals surface area contributed by atoms with Crippen molar-refractivity contribution < 1.29 is 0 Å².